The minimum absolute atomic E-state index is 0.626. The zero-order valence-corrected chi connectivity index (χ0v) is 7.66. The van der Waals surface area contributed by atoms with Crippen molar-refractivity contribution in [2.45, 2.75) is 0 Å². The Morgan fingerprint density at radius 3 is 2.87 bits per heavy atom. The number of nitrogens with zero attached hydrogens (tertiary/aromatic N) is 4. The fraction of sp³-hybridized carbons (Fsp3) is 0. The molecule has 0 N–H and O–H groups in total. The standard InChI is InChI=1S/C10H6N4O/c1-2-8(10-6-12-15-14-10)13-9-5-11-4-3-7(1)9/h1-6H. The summed E-state index contributed by atoms with van der Waals surface area (Å²) >= 11 is 0. The molecule has 3 aromatic rings. The van der Waals surface area contributed by atoms with E-state index < -0.39 is 0 Å². The summed E-state index contributed by atoms with van der Waals surface area (Å²) in [6, 6.07) is 5.75. The smallest absolute Gasteiger partial charge is 0.153 e. The number of aromatic nitrogens is 4. The van der Waals surface area contributed by atoms with Gasteiger partial charge in [-0.05, 0) is 17.3 Å². The van der Waals surface area contributed by atoms with E-state index in [0.717, 1.165) is 16.6 Å². The molecule has 0 aliphatic rings. The minimum Gasteiger partial charge on any atom is -0.262 e. The van der Waals surface area contributed by atoms with E-state index in [-0.39, 0.29) is 0 Å². The summed E-state index contributed by atoms with van der Waals surface area (Å²) in [7, 11) is 0. The van der Waals surface area contributed by atoms with Crippen LogP contribution in [0.15, 0.2) is 41.4 Å². The molecule has 5 nitrogen and oxygen atoms in total. The number of hydrogen-bond acceptors (Lipinski definition) is 5. The molecule has 3 heterocycles. The van der Waals surface area contributed by atoms with Crippen molar-refractivity contribution in [3.05, 3.63) is 36.8 Å². The van der Waals surface area contributed by atoms with Crippen molar-refractivity contribution >= 4 is 10.9 Å². The first-order chi connectivity index (χ1) is 7.43. The van der Waals surface area contributed by atoms with Gasteiger partial charge in [0.05, 0.1) is 17.4 Å². The average molecular weight is 198 g/mol. The molecule has 0 amide bonds. The van der Waals surface area contributed by atoms with Crippen LogP contribution in [0.2, 0.25) is 0 Å². The van der Waals surface area contributed by atoms with Crippen molar-refractivity contribution in [3.8, 4) is 11.4 Å². The Labute approximate surface area is 84.7 Å². The monoisotopic (exact) mass is 198 g/mol. The van der Waals surface area contributed by atoms with E-state index >= 15 is 0 Å². The lowest BCUT2D eigenvalue weighted by Crippen LogP contribution is -1.85. The van der Waals surface area contributed by atoms with Gasteiger partial charge in [0, 0.05) is 11.6 Å². The van der Waals surface area contributed by atoms with Crippen molar-refractivity contribution in [2.24, 2.45) is 0 Å². The maximum absolute atomic E-state index is 4.53. The van der Waals surface area contributed by atoms with Gasteiger partial charge in [0.1, 0.15) is 6.20 Å². The number of pyridine rings is 2. The highest BCUT2D eigenvalue weighted by molar-refractivity contribution is 5.79. The Kier molecular flexibility index (Phi) is 1.68. The maximum Gasteiger partial charge on any atom is 0.153 e. The molecule has 0 aliphatic carbocycles. The molecule has 3 aromatic heterocycles. The van der Waals surface area contributed by atoms with Crippen molar-refractivity contribution < 1.29 is 4.63 Å². The van der Waals surface area contributed by atoms with E-state index in [2.05, 4.69) is 24.9 Å². The highest BCUT2D eigenvalue weighted by atomic mass is 16.6. The van der Waals surface area contributed by atoms with Gasteiger partial charge in [0.15, 0.2) is 5.69 Å². The maximum atomic E-state index is 4.53. The predicted molar refractivity (Wildman–Crippen MR) is 52.8 cm³/mol. The summed E-state index contributed by atoms with van der Waals surface area (Å²) in [5.74, 6) is 0. The topological polar surface area (TPSA) is 64.7 Å². The van der Waals surface area contributed by atoms with Crippen LogP contribution in [0.1, 0.15) is 0 Å². The van der Waals surface area contributed by atoms with E-state index in [1.807, 2.05) is 18.2 Å². The van der Waals surface area contributed by atoms with Crippen LogP contribution in [-0.4, -0.2) is 20.3 Å². The van der Waals surface area contributed by atoms with Gasteiger partial charge in [-0.15, -0.1) is 0 Å². The van der Waals surface area contributed by atoms with E-state index in [0.29, 0.717) is 5.69 Å². The van der Waals surface area contributed by atoms with Crippen LogP contribution < -0.4 is 0 Å². The van der Waals surface area contributed by atoms with Gasteiger partial charge in [-0.3, -0.25) is 4.98 Å². The third-order valence-electron chi connectivity index (χ3n) is 2.12. The fourth-order valence-electron chi connectivity index (χ4n) is 1.39. The molecule has 3 rings (SSSR count). The van der Waals surface area contributed by atoms with Crippen molar-refractivity contribution in [1.82, 2.24) is 20.3 Å². The SMILES string of the molecule is c1cc2ccc(-c3cnon3)nc2cn1. The van der Waals surface area contributed by atoms with E-state index in [1.54, 1.807) is 12.4 Å². The van der Waals surface area contributed by atoms with E-state index in [1.165, 1.54) is 6.20 Å². The molecule has 0 saturated carbocycles. The summed E-state index contributed by atoms with van der Waals surface area (Å²) in [5, 5.41) is 8.31. The van der Waals surface area contributed by atoms with Crippen molar-refractivity contribution in [1.29, 1.82) is 0 Å². The molecule has 0 saturated heterocycles. The molecule has 0 fully saturated rings. The molecule has 5 heteroatoms. The van der Waals surface area contributed by atoms with Gasteiger partial charge in [0.25, 0.3) is 0 Å². The van der Waals surface area contributed by atoms with Crippen LogP contribution in [0, 0.1) is 0 Å². The van der Waals surface area contributed by atoms with Crippen molar-refractivity contribution in [3.63, 3.8) is 0 Å². The van der Waals surface area contributed by atoms with Crippen LogP contribution in [0.4, 0.5) is 0 Å². The summed E-state index contributed by atoms with van der Waals surface area (Å²) in [6.45, 7) is 0. The summed E-state index contributed by atoms with van der Waals surface area (Å²) in [6.07, 6.45) is 4.98. The zero-order valence-electron chi connectivity index (χ0n) is 7.66. The summed E-state index contributed by atoms with van der Waals surface area (Å²) < 4.78 is 4.53. The molecule has 0 spiro atoms. The molecule has 72 valence electrons. The molecular formula is C10H6N4O. The second kappa shape index (κ2) is 3.13. The lowest BCUT2D eigenvalue weighted by atomic mass is 10.2. The van der Waals surface area contributed by atoms with Gasteiger partial charge in [0.2, 0.25) is 0 Å². The first-order valence-electron chi connectivity index (χ1n) is 4.42. The first-order valence-corrected chi connectivity index (χ1v) is 4.42. The van der Waals surface area contributed by atoms with E-state index in [4.69, 9.17) is 0 Å². The second-order valence-electron chi connectivity index (χ2n) is 3.06. The van der Waals surface area contributed by atoms with E-state index in [9.17, 15) is 0 Å². The number of hydrogen-bond donors (Lipinski definition) is 0. The quantitative estimate of drug-likeness (QED) is 0.595. The predicted octanol–water partition coefficient (Wildman–Crippen LogP) is 1.68. The third kappa shape index (κ3) is 1.34. The number of rotatable bonds is 1. The average Bonchev–Trinajstić information content (AvgIpc) is 2.82. The Morgan fingerprint density at radius 2 is 2.00 bits per heavy atom. The Hall–Kier alpha value is -2.30. The zero-order chi connectivity index (χ0) is 10.1. The molecule has 15 heavy (non-hydrogen) atoms. The lowest BCUT2D eigenvalue weighted by Gasteiger charge is -1.97. The van der Waals surface area contributed by atoms with Gasteiger partial charge < -0.3 is 0 Å². The Balaban J connectivity index is 2.22. The summed E-state index contributed by atoms with van der Waals surface area (Å²) in [5.41, 5.74) is 2.19. The number of fused-ring (bicyclic) bond motifs is 1. The van der Waals surface area contributed by atoms with Gasteiger partial charge in [-0.1, -0.05) is 11.2 Å². The van der Waals surface area contributed by atoms with Crippen LogP contribution >= 0.6 is 0 Å². The van der Waals surface area contributed by atoms with Crippen LogP contribution in [-0.2, 0) is 0 Å². The first kappa shape index (κ1) is 8.05. The van der Waals surface area contributed by atoms with Gasteiger partial charge >= 0.3 is 0 Å². The molecule has 0 unspecified atom stereocenters. The third-order valence-corrected chi connectivity index (χ3v) is 2.12. The van der Waals surface area contributed by atoms with Crippen LogP contribution in [0.25, 0.3) is 22.3 Å². The molecular weight excluding hydrogens is 192 g/mol. The highest BCUT2D eigenvalue weighted by Gasteiger charge is 2.04. The van der Waals surface area contributed by atoms with Crippen molar-refractivity contribution in [2.75, 3.05) is 0 Å². The van der Waals surface area contributed by atoms with Gasteiger partial charge in [-0.2, -0.15) is 0 Å². The van der Waals surface area contributed by atoms with Crippen LogP contribution in [0.3, 0.4) is 0 Å². The molecule has 0 atom stereocenters. The molecule has 0 bridgehead atoms. The van der Waals surface area contributed by atoms with Gasteiger partial charge in [-0.25, -0.2) is 9.61 Å². The second-order valence-corrected chi connectivity index (χ2v) is 3.06. The molecule has 0 aliphatic heterocycles. The normalized spacial score (nSPS) is 10.7. The van der Waals surface area contributed by atoms with Crippen LogP contribution in [0.5, 0.6) is 0 Å². The minimum atomic E-state index is 0.626. The largest absolute Gasteiger partial charge is 0.262 e. The fourth-order valence-corrected chi connectivity index (χ4v) is 1.39. The lowest BCUT2D eigenvalue weighted by molar-refractivity contribution is 0.308. The molecule has 0 aromatic carbocycles. The Morgan fingerprint density at radius 1 is 1.00 bits per heavy atom. The molecule has 0 radical (unpaired) electrons. The summed E-state index contributed by atoms with van der Waals surface area (Å²) in [4.78, 5) is 8.41. The highest BCUT2D eigenvalue weighted by Crippen LogP contribution is 2.17. The Bertz CT molecular complexity index is 591.